The fourth-order valence-corrected chi connectivity index (χ4v) is 9.15. The minimum absolute atomic E-state index is 0.0433. The number of methoxy groups -OCH3 is 1. The molecule has 4 aromatic heterocycles. The SMILES string of the molecule is CC.CC.CCn1nc(C)cc1C(=O)Nc1nc2cc(C(N)=O)cc(OC)c2n1C/C=C/Cn1c(NC)nc2cc(C(N)=O)cc(OCCCN(C)C(=O)C(CCCCN(C)C)NC(=O)CCN(C=O)C(=O)CC(C)C)c21.CCn1nc(C)cc1C=O. The van der Waals surface area contributed by atoms with Gasteiger partial charge in [-0.15, -0.1) is 0 Å². The molecule has 26 nitrogen and oxygen atoms in total. The lowest BCUT2D eigenvalue weighted by molar-refractivity contribution is -0.140. The Hall–Kier alpha value is -8.94. The number of nitrogens with one attached hydrogen (secondary N) is 3. The molecule has 1 unspecified atom stereocenters. The lowest BCUT2D eigenvalue weighted by Gasteiger charge is -2.25. The predicted octanol–water partition coefficient (Wildman–Crippen LogP) is 6.61. The molecule has 476 valence electrons. The average molecular weight is 1210 g/mol. The van der Waals surface area contributed by atoms with Gasteiger partial charge in [-0.2, -0.15) is 10.2 Å². The molecule has 87 heavy (non-hydrogen) atoms. The largest absolute Gasteiger partial charge is 0.494 e. The van der Waals surface area contributed by atoms with Crippen LogP contribution >= 0.6 is 0 Å². The number of likely N-dealkylation sites (N-methyl/N-ethyl adjacent to an activating group) is 1. The highest BCUT2D eigenvalue weighted by Gasteiger charge is 2.26. The van der Waals surface area contributed by atoms with E-state index in [2.05, 4.69) is 31.1 Å². The zero-order valence-electron chi connectivity index (χ0n) is 53.5. The number of nitrogens with zero attached hydrogens (tertiary/aromatic N) is 11. The van der Waals surface area contributed by atoms with Gasteiger partial charge in [-0.1, -0.05) is 53.7 Å². The Bertz CT molecular complexity index is 3300. The summed E-state index contributed by atoms with van der Waals surface area (Å²) in [6.45, 7) is 22.0. The second kappa shape index (κ2) is 36.1. The molecule has 0 aliphatic carbocycles. The molecule has 0 fully saturated rings. The Morgan fingerprint density at radius 1 is 0.724 bits per heavy atom. The van der Waals surface area contributed by atoms with E-state index in [0.717, 1.165) is 36.4 Å². The van der Waals surface area contributed by atoms with Crippen molar-refractivity contribution >= 4 is 82.1 Å². The van der Waals surface area contributed by atoms with Gasteiger partial charge in [0.15, 0.2) is 6.29 Å². The van der Waals surface area contributed by atoms with Crippen molar-refractivity contribution in [1.29, 1.82) is 0 Å². The summed E-state index contributed by atoms with van der Waals surface area (Å²) in [4.78, 5) is 114. The highest BCUT2D eigenvalue weighted by atomic mass is 16.5. The van der Waals surface area contributed by atoms with E-state index in [4.69, 9.17) is 25.9 Å². The van der Waals surface area contributed by atoms with Crippen molar-refractivity contribution in [1.82, 2.24) is 58.7 Å². The zero-order valence-corrected chi connectivity index (χ0v) is 53.5. The average Bonchev–Trinajstić information content (AvgIpc) is 1.78. The normalized spacial score (nSPS) is 11.2. The maximum absolute atomic E-state index is 13.9. The first kappa shape index (κ1) is 72.3. The van der Waals surface area contributed by atoms with Crippen molar-refractivity contribution in [3.63, 3.8) is 0 Å². The summed E-state index contributed by atoms with van der Waals surface area (Å²) < 4.78 is 18.9. The summed E-state index contributed by atoms with van der Waals surface area (Å²) >= 11 is 0. The van der Waals surface area contributed by atoms with Gasteiger partial charge in [-0.05, 0) is 116 Å². The summed E-state index contributed by atoms with van der Waals surface area (Å²) in [6.07, 6.45) is 7.26. The van der Waals surface area contributed by atoms with Gasteiger partial charge in [0.05, 0.1) is 36.1 Å². The van der Waals surface area contributed by atoms with Crippen molar-refractivity contribution in [2.24, 2.45) is 17.4 Å². The molecule has 26 heteroatoms. The lowest BCUT2D eigenvalue weighted by Crippen LogP contribution is -2.48. The van der Waals surface area contributed by atoms with E-state index >= 15 is 0 Å². The van der Waals surface area contributed by atoms with Crippen molar-refractivity contribution in [2.45, 2.75) is 140 Å². The fraction of sp³-hybridized carbons (Fsp3) is 0.508. The third kappa shape index (κ3) is 20.6. The van der Waals surface area contributed by atoms with Crippen LogP contribution in [-0.2, 0) is 45.4 Å². The first-order chi connectivity index (χ1) is 41.6. The molecule has 4 heterocycles. The topological polar surface area (TPSA) is 324 Å². The van der Waals surface area contributed by atoms with Crippen LogP contribution in [0, 0.1) is 19.8 Å². The van der Waals surface area contributed by atoms with Crippen LogP contribution in [0.5, 0.6) is 11.5 Å². The molecule has 7 amide bonds. The van der Waals surface area contributed by atoms with Gasteiger partial charge in [-0.25, -0.2) is 9.97 Å². The number of anilines is 2. The van der Waals surface area contributed by atoms with Crippen LogP contribution in [0.2, 0.25) is 0 Å². The van der Waals surface area contributed by atoms with E-state index in [0.29, 0.717) is 88.8 Å². The maximum atomic E-state index is 13.9. The molecule has 1 atom stereocenters. The summed E-state index contributed by atoms with van der Waals surface area (Å²) in [7, 11) is 8.73. The Kier molecular flexibility index (Phi) is 30.0. The molecule has 6 aromatic rings. The Labute approximate surface area is 510 Å². The lowest BCUT2D eigenvalue weighted by atomic mass is 10.1. The summed E-state index contributed by atoms with van der Waals surface area (Å²) in [6, 6.07) is 8.80. The van der Waals surface area contributed by atoms with Crippen LogP contribution in [0.3, 0.4) is 0 Å². The number of ether oxygens (including phenoxy) is 2. The minimum atomic E-state index is -0.832. The van der Waals surface area contributed by atoms with Gasteiger partial charge < -0.3 is 50.5 Å². The molecule has 2 aromatic carbocycles. The number of benzene rings is 2. The highest BCUT2D eigenvalue weighted by Crippen LogP contribution is 2.33. The minimum Gasteiger partial charge on any atom is -0.494 e. The Balaban J connectivity index is 0.00000126. The fourth-order valence-electron chi connectivity index (χ4n) is 9.15. The smallest absolute Gasteiger partial charge is 0.276 e. The Morgan fingerprint density at radius 3 is 1.82 bits per heavy atom. The molecule has 7 N–H and O–H groups in total. The van der Waals surface area contributed by atoms with Crippen LogP contribution in [0.4, 0.5) is 11.9 Å². The van der Waals surface area contributed by atoms with Gasteiger partial charge in [0, 0.05) is 77.3 Å². The summed E-state index contributed by atoms with van der Waals surface area (Å²) in [5.41, 5.74) is 16.2. The number of hydrogen-bond donors (Lipinski definition) is 5. The molecular weight excluding hydrogens is 1120 g/mol. The van der Waals surface area contributed by atoms with Crippen LogP contribution in [0.1, 0.15) is 147 Å². The quantitative estimate of drug-likeness (QED) is 0.0174. The molecule has 0 saturated carbocycles. The van der Waals surface area contributed by atoms with Crippen LogP contribution in [0.25, 0.3) is 22.1 Å². The third-order valence-corrected chi connectivity index (χ3v) is 13.2. The number of imide groups is 1. The van der Waals surface area contributed by atoms with Gasteiger partial charge in [-0.3, -0.25) is 57.9 Å². The number of unbranched alkanes of at least 4 members (excludes halogenated alkanes) is 1. The number of carbonyl (C=O) groups is 8. The molecule has 0 saturated heterocycles. The van der Waals surface area contributed by atoms with Gasteiger partial charge in [0.25, 0.3) is 5.91 Å². The van der Waals surface area contributed by atoms with Crippen molar-refractivity contribution in [2.75, 3.05) is 72.2 Å². The summed E-state index contributed by atoms with van der Waals surface area (Å²) in [5, 5.41) is 17.3. The molecule has 0 bridgehead atoms. The second-order valence-corrected chi connectivity index (χ2v) is 20.4. The van der Waals surface area contributed by atoms with Gasteiger partial charge in [0.2, 0.25) is 47.8 Å². The van der Waals surface area contributed by atoms with Crippen LogP contribution in [-0.4, -0.2) is 169 Å². The van der Waals surface area contributed by atoms with Gasteiger partial charge >= 0.3 is 0 Å². The number of aromatic nitrogens is 8. The number of imidazole rings is 2. The molecule has 0 spiro atoms. The second-order valence-electron chi connectivity index (χ2n) is 20.4. The zero-order chi connectivity index (χ0) is 65.1. The number of amides is 7. The molecular formula is C61H92N16O10. The monoisotopic (exact) mass is 1210 g/mol. The van der Waals surface area contributed by atoms with Crippen molar-refractivity contribution < 1.29 is 47.8 Å². The van der Waals surface area contributed by atoms with E-state index in [1.807, 2.05) is 98.0 Å². The number of nitrogens with two attached hydrogens (primary N) is 2. The number of rotatable bonds is 31. The molecule has 0 aliphatic heterocycles. The number of aldehydes is 1. The van der Waals surface area contributed by atoms with Gasteiger partial charge in [0.1, 0.15) is 40.0 Å². The molecule has 0 radical (unpaired) electrons. The number of allylic oxidation sites excluding steroid dienone is 2. The standard InChI is InChI=1S/C50H70N14O9.C7H10N2O.2C2H6/c1-10-64-38(25-32(4)58-64)47(70)57-50-56-36-26-33(45(51)68)28-39(72-9)43(36)63(50)21-14-13-20-62-44-37(55-49(62)53-5)27-34(46(52)69)29-40(44)73-23-15-19-60(8)48(71)35(16-11-12-18-59(6)7)54-41(66)17-22-61(30-65)42(67)24-31(2)3;1-3-9-7(5-10)4-6(2)8-9;2*1-2/h13-14,25-31,35H,10-12,15-24H2,1-9H3,(H2,51,68)(H2,52,69)(H,53,55)(H,54,66)(H,56,57,70);4-5H,3H2,1-2H3;2*1-2H3/b14-13+;;;. The number of primary amides is 2. The first-order valence-electron chi connectivity index (χ1n) is 29.5. The number of aryl methyl sites for hydroxylation is 4. The first-order valence-corrected chi connectivity index (χ1v) is 29.5. The molecule has 0 aliphatic rings. The third-order valence-electron chi connectivity index (χ3n) is 13.2. The van der Waals surface area contributed by atoms with E-state index < -0.39 is 29.7 Å². The highest BCUT2D eigenvalue weighted by molar-refractivity contribution is 6.04. The maximum Gasteiger partial charge on any atom is 0.276 e. The van der Waals surface area contributed by atoms with Crippen LogP contribution < -0.4 is 36.9 Å². The van der Waals surface area contributed by atoms with E-state index in [-0.39, 0.29) is 80.4 Å². The number of fused-ring (bicyclic) bond motifs is 2. The van der Waals surface area contributed by atoms with E-state index in [1.54, 1.807) is 59.2 Å². The summed E-state index contributed by atoms with van der Waals surface area (Å²) in [5.74, 6) is -1.57. The Morgan fingerprint density at radius 2 is 1.29 bits per heavy atom. The molecule has 6 rings (SSSR count). The predicted molar refractivity (Wildman–Crippen MR) is 337 cm³/mol. The van der Waals surface area contributed by atoms with E-state index in [1.165, 1.54) is 24.1 Å². The van der Waals surface area contributed by atoms with Crippen LogP contribution in [0.15, 0.2) is 48.6 Å². The number of hydrogen-bond acceptors (Lipinski definition) is 16. The van der Waals surface area contributed by atoms with Crippen molar-refractivity contribution in [3.05, 3.63) is 82.5 Å². The van der Waals surface area contributed by atoms with E-state index in [9.17, 15) is 38.4 Å². The number of carbonyl (C=O) groups excluding carboxylic acids is 8. The van der Waals surface area contributed by atoms with Crippen molar-refractivity contribution in [3.8, 4) is 11.5 Å².